The Hall–Kier alpha value is -2.55. The third-order valence-electron chi connectivity index (χ3n) is 6.05. The standard InChI is InChI=1S/C23H28N4O3S/c1-15-13-16(2)21(17(3)14-15)31(29,30)27-11-9-26(10-12-27)18(4)22-24-20-8-6-5-7-19(20)23(28)25-22/h5-8,13-14,18H,9-12H2,1-4H3,(H,24,25,28)/t18-/m1/s1. The number of aromatic amines is 1. The molecule has 164 valence electrons. The molecule has 2 heterocycles. The first-order valence-electron chi connectivity index (χ1n) is 10.5. The lowest BCUT2D eigenvalue weighted by Gasteiger charge is -2.37. The van der Waals surface area contributed by atoms with E-state index in [0.29, 0.717) is 47.8 Å². The van der Waals surface area contributed by atoms with Crippen LogP contribution in [-0.4, -0.2) is 53.8 Å². The average molecular weight is 441 g/mol. The molecule has 3 aromatic rings. The van der Waals surface area contributed by atoms with Crippen LogP contribution in [0.4, 0.5) is 0 Å². The Labute approximate surface area is 182 Å². The number of sulfonamides is 1. The van der Waals surface area contributed by atoms with E-state index in [4.69, 9.17) is 0 Å². The van der Waals surface area contributed by atoms with Crippen LogP contribution in [0.1, 0.15) is 35.5 Å². The Morgan fingerprint density at radius 1 is 1.00 bits per heavy atom. The number of aryl methyl sites for hydroxylation is 3. The lowest BCUT2D eigenvalue weighted by Crippen LogP contribution is -2.49. The highest BCUT2D eigenvalue weighted by Crippen LogP contribution is 2.27. The predicted octanol–water partition coefficient (Wildman–Crippen LogP) is 2.92. The molecule has 1 N–H and O–H groups in total. The van der Waals surface area contributed by atoms with Crippen LogP contribution in [0.5, 0.6) is 0 Å². The van der Waals surface area contributed by atoms with Gasteiger partial charge in [0.25, 0.3) is 5.56 Å². The van der Waals surface area contributed by atoms with E-state index in [-0.39, 0.29) is 11.6 Å². The maximum Gasteiger partial charge on any atom is 0.258 e. The first-order valence-corrected chi connectivity index (χ1v) is 11.9. The number of benzene rings is 2. The topological polar surface area (TPSA) is 86.4 Å². The number of fused-ring (bicyclic) bond motifs is 1. The first kappa shape index (κ1) is 21.7. The lowest BCUT2D eigenvalue weighted by molar-refractivity contribution is 0.141. The van der Waals surface area contributed by atoms with Crippen molar-refractivity contribution in [1.29, 1.82) is 0 Å². The van der Waals surface area contributed by atoms with Crippen LogP contribution in [0.3, 0.4) is 0 Å². The van der Waals surface area contributed by atoms with Crippen molar-refractivity contribution in [3.05, 3.63) is 69.3 Å². The Bertz CT molecular complexity index is 1270. The Kier molecular flexibility index (Phi) is 5.72. The number of H-pyrrole nitrogens is 1. The summed E-state index contributed by atoms with van der Waals surface area (Å²) in [6.07, 6.45) is 0. The van der Waals surface area contributed by atoms with E-state index < -0.39 is 10.0 Å². The molecule has 0 saturated carbocycles. The molecule has 8 heteroatoms. The molecule has 1 aromatic heterocycles. The van der Waals surface area contributed by atoms with Crippen molar-refractivity contribution in [2.75, 3.05) is 26.2 Å². The summed E-state index contributed by atoms with van der Waals surface area (Å²) in [6, 6.07) is 11.0. The van der Waals surface area contributed by atoms with Gasteiger partial charge in [0.05, 0.1) is 21.8 Å². The average Bonchev–Trinajstić information content (AvgIpc) is 2.72. The van der Waals surface area contributed by atoms with Gasteiger partial charge in [-0.25, -0.2) is 13.4 Å². The summed E-state index contributed by atoms with van der Waals surface area (Å²) in [4.78, 5) is 22.5. The Balaban J connectivity index is 1.53. The van der Waals surface area contributed by atoms with Crippen molar-refractivity contribution >= 4 is 20.9 Å². The summed E-state index contributed by atoms with van der Waals surface area (Å²) < 4.78 is 28.2. The molecule has 0 unspecified atom stereocenters. The highest BCUT2D eigenvalue weighted by molar-refractivity contribution is 7.89. The van der Waals surface area contributed by atoms with E-state index in [1.165, 1.54) is 0 Å². The van der Waals surface area contributed by atoms with Crippen molar-refractivity contribution in [1.82, 2.24) is 19.2 Å². The molecule has 0 aliphatic carbocycles. The molecule has 2 aromatic carbocycles. The normalized spacial score (nSPS) is 17.2. The summed E-state index contributed by atoms with van der Waals surface area (Å²) in [5.74, 6) is 0.602. The molecular formula is C23H28N4O3S. The molecule has 0 spiro atoms. The van der Waals surface area contributed by atoms with Crippen LogP contribution < -0.4 is 5.56 Å². The van der Waals surface area contributed by atoms with Crippen LogP contribution in [-0.2, 0) is 10.0 Å². The minimum absolute atomic E-state index is 0.120. The van der Waals surface area contributed by atoms with Crippen LogP contribution >= 0.6 is 0 Å². The zero-order valence-corrected chi connectivity index (χ0v) is 19.2. The van der Waals surface area contributed by atoms with Crippen molar-refractivity contribution in [2.24, 2.45) is 0 Å². The van der Waals surface area contributed by atoms with E-state index in [0.717, 1.165) is 16.7 Å². The second-order valence-electron chi connectivity index (χ2n) is 8.31. The van der Waals surface area contributed by atoms with Gasteiger partial charge >= 0.3 is 0 Å². The van der Waals surface area contributed by atoms with Crippen LogP contribution in [0.25, 0.3) is 10.9 Å². The SMILES string of the molecule is Cc1cc(C)c(S(=O)(=O)N2CCN([C@H](C)c3nc4ccccc4c(=O)[nH]3)CC2)c(C)c1. The number of rotatable bonds is 4. The Morgan fingerprint density at radius 2 is 1.61 bits per heavy atom. The summed E-state index contributed by atoms with van der Waals surface area (Å²) in [5.41, 5.74) is 3.14. The fourth-order valence-corrected chi connectivity index (χ4v) is 6.34. The number of nitrogens with one attached hydrogen (secondary N) is 1. The zero-order valence-electron chi connectivity index (χ0n) is 18.3. The van der Waals surface area contributed by atoms with Crippen molar-refractivity contribution < 1.29 is 8.42 Å². The fourth-order valence-electron chi connectivity index (χ4n) is 4.51. The first-order chi connectivity index (χ1) is 14.7. The third kappa shape index (κ3) is 4.03. The van der Waals surface area contributed by atoms with E-state index in [1.54, 1.807) is 10.4 Å². The van der Waals surface area contributed by atoms with Gasteiger partial charge in [-0.05, 0) is 51.0 Å². The fraction of sp³-hybridized carbons (Fsp3) is 0.391. The summed E-state index contributed by atoms with van der Waals surface area (Å²) in [5, 5.41) is 0.568. The maximum atomic E-state index is 13.3. The summed E-state index contributed by atoms with van der Waals surface area (Å²) in [7, 11) is -3.56. The van der Waals surface area contributed by atoms with Gasteiger partial charge in [-0.3, -0.25) is 9.69 Å². The van der Waals surface area contributed by atoms with Gasteiger partial charge in [0, 0.05) is 26.2 Å². The molecule has 31 heavy (non-hydrogen) atoms. The molecule has 1 atom stereocenters. The monoisotopic (exact) mass is 440 g/mol. The van der Waals surface area contributed by atoms with Gasteiger partial charge in [0.2, 0.25) is 10.0 Å². The van der Waals surface area contributed by atoms with Crippen molar-refractivity contribution in [3.63, 3.8) is 0 Å². The van der Waals surface area contributed by atoms with Crippen molar-refractivity contribution in [2.45, 2.75) is 38.6 Å². The number of para-hydroxylation sites is 1. The molecule has 0 amide bonds. The van der Waals surface area contributed by atoms with E-state index in [2.05, 4.69) is 14.9 Å². The molecule has 1 aliphatic heterocycles. The van der Waals surface area contributed by atoms with E-state index in [1.807, 2.05) is 58.0 Å². The van der Waals surface area contributed by atoms with Gasteiger partial charge in [-0.2, -0.15) is 4.31 Å². The minimum Gasteiger partial charge on any atom is -0.309 e. The lowest BCUT2D eigenvalue weighted by atomic mass is 10.1. The van der Waals surface area contributed by atoms with Crippen LogP contribution in [0.2, 0.25) is 0 Å². The van der Waals surface area contributed by atoms with Gasteiger partial charge in [0.15, 0.2) is 0 Å². The van der Waals surface area contributed by atoms with Gasteiger partial charge in [0.1, 0.15) is 5.82 Å². The molecule has 4 rings (SSSR count). The molecule has 1 fully saturated rings. The molecule has 0 radical (unpaired) electrons. The zero-order chi connectivity index (χ0) is 22.3. The van der Waals surface area contributed by atoms with Gasteiger partial charge in [-0.15, -0.1) is 0 Å². The summed E-state index contributed by atoms with van der Waals surface area (Å²) in [6.45, 7) is 9.61. The molecule has 1 saturated heterocycles. The largest absolute Gasteiger partial charge is 0.309 e. The molecule has 7 nitrogen and oxygen atoms in total. The Morgan fingerprint density at radius 3 is 2.26 bits per heavy atom. The van der Waals surface area contributed by atoms with Crippen molar-refractivity contribution in [3.8, 4) is 0 Å². The minimum atomic E-state index is -3.56. The molecule has 0 bridgehead atoms. The predicted molar refractivity (Wildman–Crippen MR) is 122 cm³/mol. The quantitative estimate of drug-likeness (QED) is 0.674. The van der Waals surface area contributed by atoms with Crippen LogP contribution in [0, 0.1) is 20.8 Å². The van der Waals surface area contributed by atoms with E-state index >= 15 is 0 Å². The number of nitrogens with zero attached hydrogens (tertiary/aromatic N) is 3. The molecular weight excluding hydrogens is 412 g/mol. The van der Waals surface area contributed by atoms with Crippen LogP contribution in [0.15, 0.2) is 46.1 Å². The number of hydrogen-bond acceptors (Lipinski definition) is 5. The summed E-state index contributed by atoms with van der Waals surface area (Å²) >= 11 is 0. The number of aromatic nitrogens is 2. The highest BCUT2D eigenvalue weighted by atomic mass is 32.2. The smallest absolute Gasteiger partial charge is 0.258 e. The number of hydrogen-bond donors (Lipinski definition) is 1. The molecule has 1 aliphatic rings. The second-order valence-corrected chi connectivity index (χ2v) is 10.2. The maximum absolute atomic E-state index is 13.3. The van der Waals surface area contributed by atoms with E-state index in [9.17, 15) is 13.2 Å². The van der Waals surface area contributed by atoms with Gasteiger partial charge < -0.3 is 4.98 Å². The third-order valence-corrected chi connectivity index (χ3v) is 8.26. The van der Waals surface area contributed by atoms with Gasteiger partial charge in [-0.1, -0.05) is 29.8 Å². The second kappa shape index (κ2) is 8.18. The number of piperazine rings is 1. The highest BCUT2D eigenvalue weighted by Gasteiger charge is 2.32.